The summed E-state index contributed by atoms with van der Waals surface area (Å²) in [6.07, 6.45) is 0. The largest absolute Gasteiger partial charge is 0.0725 e. The molecule has 1 spiro atoms. The molecule has 2 aliphatic carbocycles. The van der Waals surface area contributed by atoms with Crippen LogP contribution in [0.1, 0.15) is 22.3 Å². The highest BCUT2D eigenvalue weighted by Gasteiger charge is 2.51. The highest BCUT2D eigenvalue weighted by Crippen LogP contribution is 2.63. The van der Waals surface area contributed by atoms with Gasteiger partial charge in [0.15, 0.2) is 0 Å². The Morgan fingerprint density at radius 3 is 1.10 bits per heavy atom. The molecule has 0 nitrogen and oxygen atoms in total. The monoisotopic (exact) mass is 644 g/mol. The lowest BCUT2D eigenvalue weighted by atomic mass is 9.70. The Hall–Kier alpha value is -6.50. The summed E-state index contributed by atoms with van der Waals surface area (Å²) in [6, 6.07) is 72.2. The van der Waals surface area contributed by atoms with Crippen LogP contribution in [0.15, 0.2) is 194 Å². The van der Waals surface area contributed by atoms with Crippen LogP contribution in [-0.4, -0.2) is 0 Å². The Bertz CT molecular complexity index is 2720. The summed E-state index contributed by atoms with van der Waals surface area (Å²) in [7, 11) is 0. The van der Waals surface area contributed by atoms with Crippen molar-refractivity contribution >= 4 is 21.5 Å². The molecule has 51 heavy (non-hydrogen) atoms. The highest BCUT2D eigenvalue weighted by atomic mass is 14.5. The Balaban J connectivity index is 1.18. The molecule has 0 heteroatoms. The van der Waals surface area contributed by atoms with E-state index in [0.29, 0.717) is 0 Å². The average Bonchev–Trinajstić information content (AvgIpc) is 3.67. The summed E-state index contributed by atoms with van der Waals surface area (Å²) in [5.41, 5.74) is 18.0. The molecular formula is C51H32. The van der Waals surface area contributed by atoms with Gasteiger partial charge < -0.3 is 0 Å². The van der Waals surface area contributed by atoms with Gasteiger partial charge in [0.25, 0.3) is 0 Å². The van der Waals surface area contributed by atoms with E-state index in [2.05, 4.69) is 194 Å². The Morgan fingerprint density at radius 1 is 0.235 bits per heavy atom. The van der Waals surface area contributed by atoms with Crippen molar-refractivity contribution in [1.82, 2.24) is 0 Å². The molecule has 0 amide bonds. The van der Waals surface area contributed by atoms with Crippen molar-refractivity contribution in [2.75, 3.05) is 0 Å². The van der Waals surface area contributed by atoms with Gasteiger partial charge in [0.05, 0.1) is 5.41 Å². The predicted octanol–water partition coefficient (Wildman–Crippen LogP) is 13.3. The summed E-state index contributed by atoms with van der Waals surface area (Å²) in [5, 5.41) is 5.09. The van der Waals surface area contributed by atoms with Gasteiger partial charge in [-0.15, -0.1) is 0 Å². The maximum absolute atomic E-state index is 2.52. The van der Waals surface area contributed by atoms with Gasteiger partial charge in [-0.05, 0) is 105 Å². The number of rotatable bonds is 3. The van der Waals surface area contributed by atoms with Crippen molar-refractivity contribution in [2.24, 2.45) is 0 Å². The van der Waals surface area contributed by atoms with E-state index in [1.165, 1.54) is 99.4 Å². The third-order valence-corrected chi connectivity index (χ3v) is 11.5. The Kier molecular flexibility index (Phi) is 5.97. The lowest BCUT2D eigenvalue weighted by molar-refractivity contribution is 0.794. The van der Waals surface area contributed by atoms with E-state index in [1.54, 1.807) is 0 Å². The second kappa shape index (κ2) is 10.7. The van der Waals surface area contributed by atoms with E-state index in [4.69, 9.17) is 0 Å². The van der Waals surface area contributed by atoms with Crippen LogP contribution in [0.25, 0.3) is 77.2 Å². The fourth-order valence-electron chi connectivity index (χ4n) is 9.46. The molecule has 2 aliphatic rings. The van der Waals surface area contributed by atoms with Gasteiger partial charge in [0, 0.05) is 0 Å². The van der Waals surface area contributed by atoms with Crippen LogP contribution in [0.4, 0.5) is 0 Å². The molecule has 9 aromatic carbocycles. The van der Waals surface area contributed by atoms with E-state index >= 15 is 0 Å². The smallest absolute Gasteiger partial charge is 0.0622 e. The Labute approximate surface area is 297 Å². The van der Waals surface area contributed by atoms with Crippen LogP contribution < -0.4 is 0 Å². The predicted molar refractivity (Wildman–Crippen MR) is 214 cm³/mol. The summed E-state index contributed by atoms with van der Waals surface area (Å²) < 4.78 is 0. The minimum atomic E-state index is -0.374. The zero-order valence-electron chi connectivity index (χ0n) is 28.0. The maximum Gasteiger partial charge on any atom is 0.0725 e. The fraction of sp³-hybridized carbons (Fsp3) is 0.0196. The molecular weight excluding hydrogens is 613 g/mol. The molecule has 236 valence electrons. The molecule has 0 aromatic heterocycles. The molecule has 0 bridgehead atoms. The molecule has 0 N–H and O–H groups in total. The number of fused-ring (bicyclic) bond motifs is 12. The van der Waals surface area contributed by atoms with Crippen molar-refractivity contribution in [2.45, 2.75) is 5.41 Å². The van der Waals surface area contributed by atoms with Crippen molar-refractivity contribution in [3.63, 3.8) is 0 Å². The first-order chi connectivity index (χ1) is 25.3. The van der Waals surface area contributed by atoms with Crippen LogP contribution in [0, 0.1) is 0 Å². The molecule has 0 radical (unpaired) electrons. The first-order valence-corrected chi connectivity index (χ1v) is 17.9. The lowest BCUT2D eigenvalue weighted by Crippen LogP contribution is -2.25. The van der Waals surface area contributed by atoms with Gasteiger partial charge in [0.2, 0.25) is 0 Å². The first-order valence-electron chi connectivity index (χ1n) is 17.9. The molecule has 0 atom stereocenters. The zero-order valence-corrected chi connectivity index (χ0v) is 28.0. The van der Waals surface area contributed by atoms with E-state index < -0.39 is 0 Å². The summed E-state index contributed by atoms with van der Waals surface area (Å²) in [5.74, 6) is 0. The third-order valence-electron chi connectivity index (χ3n) is 11.5. The molecule has 0 unspecified atom stereocenters. The van der Waals surface area contributed by atoms with Crippen molar-refractivity contribution in [3.05, 3.63) is 216 Å². The SMILES string of the molecule is c1ccc(-c2ccc(-c3c4ccccc4c(-c4ccc5c(c4)C4(c6ccccc6-c6ccccc64)c4ccccc4-5)c4ccccc34)cc2)cc1. The summed E-state index contributed by atoms with van der Waals surface area (Å²) in [6.45, 7) is 0. The van der Waals surface area contributed by atoms with E-state index in [0.717, 1.165) is 0 Å². The van der Waals surface area contributed by atoms with Crippen molar-refractivity contribution in [1.29, 1.82) is 0 Å². The average molecular weight is 645 g/mol. The Morgan fingerprint density at radius 2 is 0.588 bits per heavy atom. The van der Waals surface area contributed by atoms with E-state index in [1.807, 2.05) is 0 Å². The summed E-state index contributed by atoms with van der Waals surface area (Å²) in [4.78, 5) is 0. The molecule has 11 rings (SSSR count). The molecule has 0 fully saturated rings. The van der Waals surface area contributed by atoms with Gasteiger partial charge >= 0.3 is 0 Å². The third kappa shape index (κ3) is 3.85. The van der Waals surface area contributed by atoms with Crippen LogP contribution in [0.3, 0.4) is 0 Å². The minimum absolute atomic E-state index is 0.374. The number of benzene rings is 9. The molecule has 0 saturated carbocycles. The summed E-state index contributed by atoms with van der Waals surface area (Å²) >= 11 is 0. The van der Waals surface area contributed by atoms with E-state index in [-0.39, 0.29) is 5.41 Å². The maximum atomic E-state index is 2.52. The molecule has 9 aromatic rings. The van der Waals surface area contributed by atoms with Crippen LogP contribution >= 0.6 is 0 Å². The van der Waals surface area contributed by atoms with Gasteiger partial charge in [-0.1, -0.05) is 188 Å². The fourth-order valence-corrected chi connectivity index (χ4v) is 9.46. The lowest BCUT2D eigenvalue weighted by Gasteiger charge is -2.30. The normalized spacial score (nSPS) is 13.3. The number of hydrogen-bond acceptors (Lipinski definition) is 0. The van der Waals surface area contributed by atoms with Crippen molar-refractivity contribution < 1.29 is 0 Å². The molecule has 0 heterocycles. The zero-order chi connectivity index (χ0) is 33.5. The van der Waals surface area contributed by atoms with Crippen LogP contribution in [0.2, 0.25) is 0 Å². The quantitative estimate of drug-likeness (QED) is 0.168. The second-order valence-corrected chi connectivity index (χ2v) is 13.9. The van der Waals surface area contributed by atoms with Gasteiger partial charge in [-0.2, -0.15) is 0 Å². The highest BCUT2D eigenvalue weighted by molar-refractivity contribution is 6.21. The molecule has 0 aliphatic heterocycles. The van der Waals surface area contributed by atoms with Crippen LogP contribution in [-0.2, 0) is 5.41 Å². The second-order valence-electron chi connectivity index (χ2n) is 13.9. The first kappa shape index (κ1) is 28.3. The topological polar surface area (TPSA) is 0 Å². The standard InChI is InChI=1S/C51H32/c1-2-14-33(15-3-1)34-26-28-35(29-27-34)49-41-19-4-6-21-43(41)50(44-22-7-5-20-42(44)49)36-30-31-40-39-18-10-13-25-47(39)51(48(40)32-36)45-23-11-8-16-37(45)38-17-9-12-24-46(38)51/h1-32H. The van der Waals surface area contributed by atoms with Gasteiger partial charge in [-0.3, -0.25) is 0 Å². The minimum Gasteiger partial charge on any atom is -0.0622 e. The van der Waals surface area contributed by atoms with Gasteiger partial charge in [0.1, 0.15) is 0 Å². The van der Waals surface area contributed by atoms with Crippen LogP contribution in [0.5, 0.6) is 0 Å². The van der Waals surface area contributed by atoms with Gasteiger partial charge in [-0.25, -0.2) is 0 Å². The van der Waals surface area contributed by atoms with Crippen molar-refractivity contribution in [3.8, 4) is 55.6 Å². The number of hydrogen-bond donors (Lipinski definition) is 0. The molecule has 0 saturated heterocycles. The van der Waals surface area contributed by atoms with E-state index in [9.17, 15) is 0 Å².